The summed E-state index contributed by atoms with van der Waals surface area (Å²) in [7, 11) is 0. The Labute approximate surface area is 88.0 Å². The number of aromatic carboxylic acids is 1. The molecule has 2 aromatic heterocycles. The van der Waals surface area contributed by atoms with Gasteiger partial charge in [0.05, 0.1) is 6.20 Å². The summed E-state index contributed by atoms with van der Waals surface area (Å²) in [5.41, 5.74) is -0.245. The van der Waals surface area contributed by atoms with Crippen molar-refractivity contribution in [3.8, 4) is 5.82 Å². The van der Waals surface area contributed by atoms with Crippen molar-refractivity contribution in [2.24, 2.45) is 0 Å². The standard InChI is InChI=1S/C9H5F2N3O2/c10-5-3-6(11)8(12-4-5)14-2-1-7(13-14)9(15)16/h1-4H,(H,15,16). The second-order valence-corrected chi connectivity index (χ2v) is 2.91. The Balaban J connectivity index is 2.46. The predicted octanol–water partition coefficient (Wildman–Crippen LogP) is 1.24. The third-order valence-corrected chi connectivity index (χ3v) is 1.81. The van der Waals surface area contributed by atoms with E-state index in [9.17, 15) is 13.6 Å². The Bertz CT molecular complexity index is 553. The Morgan fingerprint density at radius 2 is 2.19 bits per heavy atom. The minimum absolute atomic E-state index is 0.245. The number of pyridine rings is 1. The second kappa shape index (κ2) is 3.69. The molecule has 0 aliphatic rings. The molecule has 0 radical (unpaired) electrons. The summed E-state index contributed by atoms with van der Waals surface area (Å²) in [5.74, 6) is -3.22. The lowest BCUT2D eigenvalue weighted by Crippen LogP contribution is -2.05. The topological polar surface area (TPSA) is 68.0 Å². The van der Waals surface area contributed by atoms with Crippen molar-refractivity contribution in [2.45, 2.75) is 0 Å². The molecule has 2 rings (SSSR count). The van der Waals surface area contributed by atoms with E-state index in [1.807, 2.05) is 0 Å². The van der Waals surface area contributed by atoms with Crippen molar-refractivity contribution in [1.29, 1.82) is 0 Å². The van der Waals surface area contributed by atoms with Gasteiger partial charge in [0, 0.05) is 12.3 Å². The van der Waals surface area contributed by atoms with E-state index in [4.69, 9.17) is 5.11 Å². The van der Waals surface area contributed by atoms with Crippen LogP contribution in [0.5, 0.6) is 0 Å². The van der Waals surface area contributed by atoms with E-state index in [1.54, 1.807) is 0 Å². The Kier molecular flexibility index (Phi) is 2.35. The van der Waals surface area contributed by atoms with Crippen LogP contribution >= 0.6 is 0 Å². The van der Waals surface area contributed by atoms with Gasteiger partial charge in [-0.05, 0) is 6.07 Å². The average Bonchev–Trinajstić information content (AvgIpc) is 2.66. The van der Waals surface area contributed by atoms with Crippen LogP contribution in [0.15, 0.2) is 24.5 Å². The zero-order valence-electron chi connectivity index (χ0n) is 7.76. The number of carboxylic acids is 1. The van der Waals surface area contributed by atoms with Crippen molar-refractivity contribution >= 4 is 5.97 Å². The number of aromatic nitrogens is 3. The van der Waals surface area contributed by atoms with Crippen LogP contribution in [0.4, 0.5) is 8.78 Å². The van der Waals surface area contributed by atoms with Gasteiger partial charge in [-0.2, -0.15) is 5.10 Å². The summed E-state index contributed by atoms with van der Waals surface area (Å²) in [6, 6.07) is 1.83. The van der Waals surface area contributed by atoms with Gasteiger partial charge in [-0.15, -0.1) is 0 Å². The first-order valence-corrected chi connectivity index (χ1v) is 4.18. The van der Waals surface area contributed by atoms with Crippen molar-refractivity contribution in [3.63, 3.8) is 0 Å². The van der Waals surface area contributed by atoms with E-state index in [1.165, 1.54) is 12.3 Å². The fraction of sp³-hybridized carbons (Fsp3) is 0. The summed E-state index contributed by atoms with van der Waals surface area (Å²) in [6.45, 7) is 0. The van der Waals surface area contributed by atoms with E-state index < -0.39 is 17.6 Å². The van der Waals surface area contributed by atoms with Crippen LogP contribution in [0, 0.1) is 11.6 Å². The summed E-state index contributed by atoms with van der Waals surface area (Å²) in [5, 5.41) is 12.2. The Morgan fingerprint density at radius 1 is 1.44 bits per heavy atom. The molecule has 0 amide bonds. The highest BCUT2D eigenvalue weighted by Gasteiger charge is 2.12. The summed E-state index contributed by atoms with van der Waals surface area (Å²) < 4.78 is 26.7. The van der Waals surface area contributed by atoms with Gasteiger partial charge in [-0.3, -0.25) is 0 Å². The Morgan fingerprint density at radius 3 is 2.75 bits per heavy atom. The predicted molar refractivity (Wildman–Crippen MR) is 48.2 cm³/mol. The van der Waals surface area contributed by atoms with Crippen LogP contribution in [-0.4, -0.2) is 25.8 Å². The zero-order valence-corrected chi connectivity index (χ0v) is 7.76. The fourth-order valence-electron chi connectivity index (χ4n) is 1.13. The molecule has 0 atom stereocenters. The molecule has 0 saturated heterocycles. The summed E-state index contributed by atoms with van der Waals surface area (Å²) >= 11 is 0. The van der Waals surface area contributed by atoms with Gasteiger partial charge in [0.15, 0.2) is 17.3 Å². The lowest BCUT2D eigenvalue weighted by molar-refractivity contribution is 0.0690. The lowest BCUT2D eigenvalue weighted by Gasteiger charge is -2.00. The van der Waals surface area contributed by atoms with Crippen molar-refractivity contribution < 1.29 is 18.7 Å². The average molecular weight is 225 g/mol. The highest BCUT2D eigenvalue weighted by molar-refractivity contribution is 5.85. The van der Waals surface area contributed by atoms with E-state index in [2.05, 4.69) is 10.1 Å². The number of hydrogen-bond donors (Lipinski definition) is 1. The van der Waals surface area contributed by atoms with Crippen LogP contribution in [0.3, 0.4) is 0 Å². The van der Waals surface area contributed by atoms with Crippen molar-refractivity contribution in [1.82, 2.24) is 14.8 Å². The zero-order chi connectivity index (χ0) is 11.7. The molecule has 16 heavy (non-hydrogen) atoms. The van der Waals surface area contributed by atoms with Crippen LogP contribution in [0.1, 0.15) is 10.5 Å². The maximum Gasteiger partial charge on any atom is 0.356 e. The van der Waals surface area contributed by atoms with Crippen molar-refractivity contribution in [2.75, 3.05) is 0 Å². The van der Waals surface area contributed by atoms with Gasteiger partial charge in [0.2, 0.25) is 0 Å². The highest BCUT2D eigenvalue weighted by Crippen LogP contribution is 2.10. The van der Waals surface area contributed by atoms with Gasteiger partial charge in [-0.1, -0.05) is 0 Å². The maximum absolute atomic E-state index is 13.2. The van der Waals surface area contributed by atoms with Gasteiger partial charge >= 0.3 is 5.97 Å². The van der Waals surface area contributed by atoms with Crippen LogP contribution in [0.25, 0.3) is 5.82 Å². The van der Waals surface area contributed by atoms with Gasteiger partial charge in [0.1, 0.15) is 5.82 Å². The van der Waals surface area contributed by atoms with E-state index >= 15 is 0 Å². The molecule has 0 fully saturated rings. The number of carboxylic acid groups (broad SMARTS) is 1. The highest BCUT2D eigenvalue weighted by atomic mass is 19.1. The Hall–Kier alpha value is -2.31. The molecule has 2 heterocycles. The van der Waals surface area contributed by atoms with E-state index in [0.29, 0.717) is 6.07 Å². The van der Waals surface area contributed by atoms with E-state index in [-0.39, 0.29) is 11.5 Å². The molecule has 0 spiro atoms. The molecule has 0 aliphatic carbocycles. The van der Waals surface area contributed by atoms with Crippen LogP contribution in [0.2, 0.25) is 0 Å². The van der Waals surface area contributed by atoms with Gasteiger partial charge in [-0.25, -0.2) is 23.2 Å². The molecule has 0 bridgehead atoms. The smallest absolute Gasteiger partial charge is 0.356 e. The number of carbonyl (C=O) groups is 1. The molecule has 1 N–H and O–H groups in total. The van der Waals surface area contributed by atoms with Crippen LogP contribution in [-0.2, 0) is 0 Å². The summed E-state index contributed by atoms with van der Waals surface area (Å²) in [6.07, 6.45) is 2.05. The largest absolute Gasteiger partial charge is 0.476 e. The molecule has 0 aromatic carbocycles. The first-order chi connectivity index (χ1) is 7.58. The SMILES string of the molecule is O=C(O)c1ccn(-c2ncc(F)cc2F)n1. The number of rotatable bonds is 2. The maximum atomic E-state index is 13.2. The molecule has 0 aliphatic heterocycles. The molecule has 2 aromatic rings. The second-order valence-electron chi connectivity index (χ2n) is 2.91. The van der Waals surface area contributed by atoms with E-state index in [0.717, 1.165) is 10.9 Å². The van der Waals surface area contributed by atoms with Crippen LogP contribution < -0.4 is 0 Å². The molecule has 5 nitrogen and oxygen atoms in total. The van der Waals surface area contributed by atoms with Gasteiger partial charge < -0.3 is 5.11 Å². The number of nitrogens with zero attached hydrogens (tertiary/aromatic N) is 3. The lowest BCUT2D eigenvalue weighted by atomic mass is 10.4. The third kappa shape index (κ3) is 1.74. The number of halogens is 2. The minimum Gasteiger partial charge on any atom is -0.476 e. The van der Waals surface area contributed by atoms with Crippen molar-refractivity contribution in [3.05, 3.63) is 41.9 Å². The first-order valence-electron chi connectivity index (χ1n) is 4.18. The third-order valence-electron chi connectivity index (χ3n) is 1.81. The molecular formula is C9H5F2N3O2. The monoisotopic (exact) mass is 225 g/mol. The van der Waals surface area contributed by atoms with Gasteiger partial charge in [0.25, 0.3) is 0 Å². The molecule has 82 valence electrons. The fourth-order valence-corrected chi connectivity index (χ4v) is 1.13. The first kappa shape index (κ1) is 10.2. The molecule has 0 saturated carbocycles. The molecule has 7 heteroatoms. The normalized spacial score (nSPS) is 10.4. The quantitative estimate of drug-likeness (QED) is 0.834. The molecule has 0 unspecified atom stereocenters. The minimum atomic E-state index is -1.23. The molecular weight excluding hydrogens is 220 g/mol. The number of hydrogen-bond acceptors (Lipinski definition) is 3. The summed E-state index contributed by atoms with van der Waals surface area (Å²) in [4.78, 5) is 14.0.